The van der Waals surface area contributed by atoms with Crippen molar-refractivity contribution in [3.05, 3.63) is 47.7 Å². The second kappa shape index (κ2) is 10.1. The minimum Gasteiger partial charge on any atom is -0.477 e. The Morgan fingerprint density at radius 1 is 1.10 bits per heavy atom. The Labute approximate surface area is 171 Å². The molecule has 7 heteroatoms. The number of carboxylic acid groups (broad SMARTS) is 1. The van der Waals surface area contributed by atoms with Crippen molar-refractivity contribution in [3.63, 3.8) is 0 Å². The van der Waals surface area contributed by atoms with E-state index in [1.165, 1.54) is 0 Å². The van der Waals surface area contributed by atoms with Gasteiger partial charge in [0, 0.05) is 12.1 Å². The third-order valence-corrected chi connectivity index (χ3v) is 4.74. The number of rotatable bonds is 6. The predicted molar refractivity (Wildman–Crippen MR) is 109 cm³/mol. The van der Waals surface area contributed by atoms with Crippen LogP contribution in [0.15, 0.2) is 42.1 Å². The van der Waals surface area contributed by atoms with Crippen molar-refractivity contribution < 1.29 is 24.2 Å². The van der Waals surface area contributed by atoms with Gasteiger partial charge in [0.15, 0.2) is 0 Å². The van der Waals surface area contributed by atoms with E-state index in [0.717, 1.165) is 25.7 Å². The lowest BCUT2D eigenvalue weighted by atomic mass is 9.81. The molecule has 0 saturated heterocycles. The van der Waals surface area contributed by atoms with Crippen LogP contribution in [0.1, 0.15) is 56.8 Å². The van der Waals surface area contributed by atoms with Crippen molar-refractivity contribution in [1.29, 1.82) is 0 Å². The zero-order valence-corrected chi connectivity index (χ0v) is 17.2. The Morgan fingerprint density at radius 3 is 2.28 bits per heavy atom. The van der Waals surface area contributed by atoms with Crippen molar-refractivity contribution in [1.82, 2.24) is 10.6 Å². The average molecular weight is 402 g/mol. The maximum atomic E-state index is 12.2. The molecule has 1 saturated carbocycles. The summed E-state index contributed by atoms with van der Waals surface area (Å²) in [5.41, 5.74) is -0.199. The van der Waals surface area contributed by atoms with Crippen LogP contribution in [0.3, 0.4) is 0 Å². The quantitative estimate of drug-likeness (QED) is 0.629. The highest BCUT2D eigenvalue weighted by molar-refractivity contribution is 6.00. The third-order valence-electron chi connectivity index (χ3n) is 4.74. The molecule has 2 amide bonds. The van der Waals surface area contributed by atoms with E-state index in [0.29, 0.717) is 18.0 Å². The largest absolute Gasteiger partial charge is 0.477 e. The summed E-state index contributed by atoms with van der Waals surface area (Å²) in [7, 11) is 0. The topological polar surface area (TPSA) is 105 Å². The molecule has 7 nitrogen and oxygen atoms in total. The molecule has 1 fully saturated rings. The van der Waals surface area contributed by atoms with Crippen LogP contribution in [0.5, 0.6) is 0 Å². The predicted octanol–water partition coefficient (Wildman–Crippen LogP) is 3.72. The number of benzene rings is 1. The van der Waals surface area contributed by atoms with E-state index >= 15 is 0 Å². The van der Waals surface area contributed by atoms with Crippen LogP contribution in [0, 0.1) is 11.8 Å². The molecule has 0 spiro atoms. The lowest BCUT2D eigenvalue weighted by Gasteiger charge is -2.28. The smallest absolute Gasteiger partial charge is 0.407 e. The molecule has 1 aliphatic rings. The first-order chi connectivity index (χ1) is 13.6. The third kappa shape index (κ3) is 7.97. The minimum absolute atomic E-state index is 0.0787. The van der Waals surface area contributed by atoms with Crippen molar-refractivity contribution in [3.8, 4) is 0 Å². The van der Waals surface area contributed by atoms with E-state index in [2.05, 4.69) is 10.6 Å². The fourth-order valence-electron chi connectivity index (χ4n) is 3.29. The molecule has 0 aliphatic heterocycles. The Morgan fingerprint density at radius 2 is 1.72 bits per heavy atom. The summed E-state index contributed by atoms with van der Waals surface area (Å²) < 4.78 is 5.24. The number of carboxylic acids is 1. The fraction of sp³-hybridized carbons (Fsp3) is 0.500. The maximum absolute atomic E-state index is 12.2. The highest BCUT2D eigenvalue weighted by Gasteiger charge is 2.24. The number of hydrogen-bond donors (Lipinski definition) is 3. The van der Waals surface area contributed by atoms with Gasteiger partial charge in [-0.1, -0.05) is 24.3 Å². The zero-order valence-electron chi connectivity index (χ0n) is 17.2. The van der Waals surface area contributed by atoms with E-state index in [4.69, 9.17) is 4.74 Å². The zero-order chi connectivity index (χ0) is 21.4. The van der Waals surface area contributed by atoms with Crippen LogP contribution in [0.25, 0.3) is 0 Å². The van der Waals surface area contributed by atoms with Gasteiger partial charge in [0.05, 0.1) is 0 Å². The lowest BCUT2D eigenvalue weighted by molar-refractivity contribution is -0.133. The Kier molecular flexibility index (Phi) is 7.82. The van der Waals surface area contributed by atoms with Gasteiger partial charge in [-0.2, -0.15) is 0 Å². The van der Waals surface area contributed by atoms with Gasteiger partial charge in [0.1, 0.15) is 11.3 Å². The molecule has 0 aromatic heterocycles. The molecule has 29 heavy (non-hydrogen) atoms. The molecule has 3 N–H and O–H groups in total. The number of amides is 2. The fourth-order valence-corrected chi connectivity index (χ4v) is 3.29. The molecule has 0 heterocycles. The number of carbonyl (C=O) groups is 3. The van der Waals surface area contributed by atoms with Gasteiger partial charge < -0.3 is 20.5 Å². The Balaban J connectivity index is 1.85. The lowest BCUT2D eigenvalue weighted by Crippen LogP contribution is -2.36. The number of hydrogen-bond acceptors (Lipinski definition) is 4. The molecular weight excluding hydrogens is 372 g/mol. The number of nitrogens with one attached hydrogen (secondary N) is 2. The highest BCUT2D eigenvalue weighted by Crippen LogP contribution is 2.30. The van der Waals surface area contributed by atoms with E-state index < -0.39 is 23.6 Å². The molecule has 0 atom stereocenters. The SMILES string of the molecule is CC(C)(C)OC(=O)NC[C@H]1CC[C@H](/C=C(/NC(=O)c2ccccc2)C(=O)O)CC1. The maximum Gasteiger partial charge on any atom is 0.407 e. The molecule has 2 rings (SSSR count). The normalized spacial score (nSPS) is 19.9. The summed E-state index contributed by atoms with van der Waals surface area (Å²) in [5, 5.41) is 14.7. The van der Waals surface area contributed by atoms with Crippen molar-refractivity contribution in [2.75, 3.05) is 6.54 Å². The molecule has 0 radical (unpaired) electrons. The Hall–Kier alpha value is -2.83. The highest BCUT2D eigenvalue weighted by atomic mass is 16.6. The summed E-state index contributed by atoms with van der Waals surface area (Å²) in [4.78, 5) is 35.5. The van der Waals surface area contributed by atoms with Crippen LogP contribution in [-0.4, -0.2) is 35.2 Å². The summed E-state index contributed by atoms with van der Waals surface area (Å²) >= 11 is 0. The molecule has 1 aromatic rings. The van der Waals surface area contributed by atoms with Crippen LogP contribution in [0.4, 0.5) is 4.79 Å². The molecule has 1 aliphatic carbocycles. The first-order valence-electron chi connectivity index (χ1n) is 9.92. The van der Waals surface area contributed by atoms with Crippen molar-refractivity contribution in [2.24, 2.45) is 11.8 Å². The second-order valence-electron chi connectivity index (χ2n) is 8.37. The molecule has 0 bridgehead atoms. The number of carbonyl (C=O) groups excluding carboxylic acids is 2. The van der Waals surface area contributed by atoms with Gasteiger partial charge in [0.2, 0.25) is 0 Å². The standard InChI is InChI=1S/C22H30N2O5/c1-22(2,3)29-21(28)23-14-16-11-9-15(10-12-16)13-18(20(26)27)24-19(25)17-7-5-4-6-8-17/h4-8,13,15-16H,9-12,14H2,1-3H3,(H,23,28)(H,24,25)(H,26,27)/b18-13+/t15-,16-. The van der Waals surface area contributed by atoms with Crippen molar-refractivity contribution >= 4 is 18.0 Å². The molecule has 158 valence electrons. The summed E-state index contributed by atoms with van der Waals surface area (Å²) in [5.74, 6) is -1.17. The van der Waals surface area contributed by atoms with Crippen LogP contribution >= 0.6 is 0 Å². The monoisotopic (exact) mass is 402 g/mol. The molecule has 1 aromatic carbocycles. The minimum atomic E-state index is -1.15. The van der Waals surface area contributed by atoms with Crippen molar-refractivity contribution in [2.45, 2.75) is 52.1 Å². The molecule has 0 unspecified atom stereocenters. The van der Waals surface area contributed by atoms with Gasteiger partial charge >= 0.3 is 12.1 Å². The molecular formula is C22H30N2O5. The first kappa shape index (κ1) is 22.5. The van der Waals surface area contributed by atoms with Crippen LogP contribution in [-0.2, 0) is 9.53 Å². The van der Waals surface area contributed by atoms with Gasteiger partial charge in [-0.25, -0.2) is 9.59 Å². The summed E-state index contributed by atoms with van der Waals surface area (Å²) in [6, 6.07) is 8.52. The van der Waals surface area contributed by atoms with Gasteiger partial charge in [-0.3, -0.25) is 4.79 Å². The van der Waals surface area contributed by atoms with E-state index in [1.807, 2.05) is 20.8 Å². The number of alkyl carbamates (subject to hydrolysis) is 1. The number of allylic oxidation sites excluding steroid dienone is 1. The summed E-state index contributed by atoms with van der Waals surface area (Å²) in [6.07, 6.45) is 4.57. The summed E-state index contributed by atoms with van der Waals surface area (Å²) in [6.45, 7) is 6.00. The van der Waals surface area contributed by atoms with E-state index in [9.17, 15) is 19.5 Å². The number of ether oxygens (including phenoxy) is 1. The van der Waals surface area contributed by atoms with E-state index in [1.54, 1.807) is 36.4 Å². The van der Waals surface area contributed by atoms with Crippen LogP contribution < -0.4 is 10.6 Å². The van der Waals surface area contributed by atoms with Gasteiger partial charge in [0.25, 0.3) is 5.91 Å². The number of aliphatic carboxylic acids is 1. The Bertz CT molecular complexity index is 744. The second-order valence-corrected chi connectivity index (χ2v) is 8.37. The van der Waals surface area contributed by atoms with Gasteiger partial charge in [-0.15, -0.1) is 0 Å². The average Bonchev–Trinajstić information content (AvgIpc) is 2.66. The van der Waals surface area contributed by atoms with E-state index in [-0.39, 0.29) is 11.6 Å². The van der Waals surface area contributed by atoms with Crippen LogP contribution in [0.2, 0.25) is 0 Å². The first-order valence-corrected chi connectivity index (χ1v) is 9.92. The van der Waals surface area contributed by atoms with Gasteiger partial charge in [-0.05, 0) is 70.4 Å².